The van der Waals surface area contributed by atoms with Crippen LogP contribution in [0.15, 0.2) is 18.2 Å². The number of hydrogen-bond donors (Lipinski definition) is 2. The summed E-state index contributed by atoms with van der Waals surface area (Å²) >= 11 is 0. The number of Topliss-reactive ketones (excluding diaryl/α,β-unsaturated/α-hetero) is 1. The molecule has 0 unspecified atom stereocenters. The number of carbonyl (C=O) groups excluding carboxylic acids is 1. The van der Waals surface area contributed by atoms with E-state index in [2.05, 4.69) is 12.2 Å². The molecule has 1 aromatic rings. The monoisotopic (exact) mass is 246 g/mol. The van der Waals surface area contributed by atoms with Gasteiger partial charge in [0, 0.05) is 22.5 Å². The smallest absolute Gasteiger partial charge is 0.161 e. The van der Waals surface area contributed by atoms with Crippen LogP contribution in [-0.2, 0) is 0 Å². The highest BCUT2D eigenvalue weighted by Crippen LogP contribution is 2.32. The number of nitrogens with one attached hydrogen (secondary N) is 1. The Bertz CT molecular complexity index is 448. The van der Waals surface area contributed by atoms with Gasteiger partial charge in [-0.1, -0.05) is 19.3 Å². The van der Waals surface area contributed by atoms with E-state index in [-0.39, 0.29) is 11.3 Å². The van der Waals surface area contributed by atoms with Crippen LogP contribution in [-0.4, -0.2) is 11.3 Å². The minimum atomic E-state index is 0.0166. The maximum atomic E-state index is 11.3. The van der Waals surface area contributed by atoms with E-state index in [1.54, 1.807) is 6.92 Å². The topological polar surface area (TPSA) is 55.1 Å². The predicted octanol–water partition coefficient (Wildman–Crippen LogP) is 3.61. The molecule has 98 valence electrons. The second kappa shape index (κ2) is 5.01. The molecule has 1 saturated carbocycles. The van der Waals surface area contributed by atoms with E-state index in [1.165, 1.54) is 32.1 Å². The molecule has 3 nitrogen and oxygen atoms in total. The Morgan fingerprint density at radius 2 is 1.94 bits per heavy atom. The second-order valence-electron chi connectivity index (χ2n) is 5.60. The lowest BCUT2D eigenvalue weighted by atomic mass is 9.83. The Morgan fingerprint density at radius 1 is 1.28 bits per heavy atom. The molecular formula is C15H22N2O. The van der Waals surface area contributed by atoms with E-state index in [1.807, 2.05) is 18.2 Å². The minimum Gasteiger partial charge on any atom is -0.398 e. The fourth-order valence-corrected chi connectivity index (χ4v) is 2.77. The molecule has 0 bridgehead atoms. The molecule has 0 saturated heterocycles. The van der Waals surface area contributed by atoms with Crippen LogP contribution in [0.1, 0.15) is 56.3 Å². The number of rotatable bonds is 3. The van der Waals surface area contributed by atoms with Gasteiger partial charge in [-0.2, -0.15) is 0 Å². The zero-order chi connectivity index (χ0) is 13.2. The van der Waals surface area contributed by atoms with Crippen molar-refractivity contribution < 1.29 is 4.79 Å². The summed E-state index contributed by atoms with van der Waals surface area (Å²) in [6.07, 6.45) is 6.29. The van der Waals surface area contributed by atoms with Crippen LogP contribution in [0, 0.1) is 0 Å². The third-order valence-electron chi connectivity index (χ3n) is 3.83. The van der Waals surface area contributed by atoms with E-state index in [9.17, 15) is 4.79 Å². The lowest BCUT2D eigenvalue weighted by Gasteiger charge is -2.35. The average molecular weight is 246 g/mol. The quantitative estimate of drug-likeness (QED) is 0.633. The van der Waals surface area contributed by atoms with Crippen molar-refractivity contribution in [3.05, 3.63) is 23.8 Å². The van der Waals surface area contributed by atoms with Crippen molar-refractivity contribution in [2.75, 3.05) is 11.1 Å². The van der Waals surface area contributed by atoms with Gasteiger partial charge in [0.05, 0.1) is 0 Å². The van der Waals surface area contributed by atoms with Crippen molar-refractivity contribution in [1.82, 2.24) is 0 Å². The molecule has 0 amide bonds. The van der Waals surface area contributed by atoms with E-state index in [4.69, 9.17) is 5.73 Å². The summed E-state index contributed by atoms with van der Waals surface area (Å²) in [5.74, 6) is 0.0166. The molecule has 3 heteroatoms. The summed E-state index contributed by atoms with van der Waals surface area (Å²) in [6.45, 7) is 3.81. The van der Waals surface area contributed by atoms with Crippen molar-refractivity contribution in [1.29, 1.82) is 0 Å². The van der Waals surface area contributed by atoms with Crippen LogP contribution in [0.3, 0.4) is 0 Å². The van der Waals surface area contributed by atoms with Gasteiger partial charge in [-0.05, 0) is 44.9 Å². The number of carbonyl (C=O) groups is 1. The molecule has 1 fully saturated rings. The number of ketones is 1. The Labute approximate surface area is 109 Å². The van der Waals surface area contributed by atoms with Crippen LogP contribution in [0.25, 0.3) is 0 Å². The molecule has 0 heterocycles. The summed E-state index contributed by atoms with van der Waals surface area (Å²) in [7, 11) is 0. The zero-order valence-corrected chi connectivity index (χ0v) is 11.3. The molecule has 0 spiro atoms. The largest absolute Gasteiger partial charge is 0.398 e. The van der Waals surface area contributed by atoms with Crippen LogP contribution < -0.4 is 11.1 Å². The maximum absolute atomic E-state index is 11.3. The van der Waals surface area contributed by atoms with Crippen molar-refractivity contribution in [3.63, 3.8) is 0 Å². The number of nitrogens with two attached hydrogens (primary N) is 1. The summed E-state index contributed by atoms with van der Waals surface area (Å²) in [5.41, 5.74) is 8.26. The molecule has 3 N–H and O–H groups in total. The molecule has 2 rings (SSSR count). The number of nitrogen functional groups attached to an aromatic ring is 1. The van der Waals surface area contributed by atoms with Crippen LogP contribution in [0.5, 0.6) is 0 Å². The van der Waals surface area contributed by atoms with Crippen LogP contribution in [0.4, 0.5) is 11.4 Å². The van der Waals surface area contributed by atoms with Crippen LogP contribution >= 0.6 is 0 Å². The van der Waals surface area contributed by atoms with Crippen LogP contribution in [0.2, 0.25) is 0 Å². The summed E-state index contributed by atoms with van der Waals surface area (Å²) in [6, 6.07) is 5.63. The van der Waals surface area contributed by atoms with Gasteiger partial charge in [0.1, 0.15) is 0 Å². The van der Waals surface area contributed by atoms with Crippen molar-refractivity contribution in [2.24, 2.45) is 0 Å². The lowest BCUT2D eigenvalue weighted by molar-refractivity contribution is 0.101. The summed E-state index contributed by atoms with van der Waals surface area (Å²) < 4.78 is 0. The minimum absolute atomic E-state index is 0.0166. The molecule has 1 aliphatic rings. The number of anilines is 2. The van der Waals surface area contributed by atoms with Gasteiger partial charge in [-0.3, -0.25) is 4.79 Å². The molecule has 1 aliphatic carbocycles. The highest BCUT2D eigenvalue weighted by atomic mass is 16.1. The highest BCUT2D eigenvalue weighted by molar-refractivity contribution is 5.99. The Balaban J connectivity index is 2.14. The number of benzene rings is 1. The van der Waals surface area contributed by atoms with Gasteiger partial charge in [0.15, 0.2) is 5.78 Å². The molecule has 0 aromatic heterocycles. The summed E-state index contributed by atoms with van der Waals surface area (Å²) in [5, 5.41) is 3.57. The predicted molar refractivity (Wildman–Crippen MR) is 76.0 cm³/mol. The highest BCUT2D eigenvalue weighted by Gasteiger charge is 2.26. The fraction of sp³-hybridized carbons (Fsp3) is 0.533. The Hall–Kier alpha value is -1.51. The first-order valence-corrected chi connectivity index (χ1v) is 6.69. The van der Waals surface area contributed by atoms with E-state index in [0.29, 0.717) is 11.3 Å². The fourth-order valence-electron chi connectivity index (χ4n) is 2.77. The molecule has 0 radical (unpaired) electrons. The van der Waals surface area contributed by atoms with Gasteiger partial charge in [0.25, 0.3) is 0 Å². The average Bonchev–Trinajstić information content (AvgIpc) is 2.28. The molecule has 0 atom stereocenters. The Kier molecular flexibility index (Phi) is 3.60. The summed E-state index contributed by atoms with van der Waals surface area (Å²) in [4.78, 5) is 11.3. The van der Waals surface area contributed by atoms with Gasteiger partial charge in [-0.25, -0.2) is 0 Å². The first-order valence-electron chi connectivity index (χ1n) is 6.69. The van der Waals surface area contributed by atoms with Gasteiger partial charge < -0.3 is 11.1 Å². The Morgan fingerprint density at radius 3 is 2.50 bits per heavy atom. The molecule has 1 aromatic carbocycles. The molecule has 0 aliphatic heterocycles. The SMILES string of the molecule is CC(=O)c1ccc(NC2(C)CCCCC2)cc1N. The third kappa shape index (κ3) is 2.84. The third-order valence-corrected chi connectivity index (χ3v) is 3.83. The first-order chi connectivity index (χ1) is 8.50. The first kappa shape index (κ1) is 12.9. The number of hydrogen-bond acceptors (Lipinski definition) is 3. The van der Waals surface area contributed by atoms with Crippen molar-refractivity contribution in [3.8, 4) is 0 Å². The van der Waals surface area contributed by atoms with E-state index < -0.39 is 0 Å². The van der Waals surface area contributed by atoms with Crippen molar-refractivity contribution in [2.45, 2.75) is 51.5 Å². The van der Waals surface area contributed by atoms with Gasteiger partial charge >= 0.3 is 0 Å². The normalized spacial score (nSPS) is 18.3. The molecular weight excluding hydrogens is 224 g/mol. The zero-order valence-electron chi connectivity index (χ0n) is 11.3. The lowest BCUT2D eigenvalue weighted by Crippen LogP contribution is -2.36. The van der Waals surface area contributed by atoms with E-state index >= 15 is 0 Å². The van der Waals surface area contributed by atoms with Gasteiger partial charge in [-0.15, -0.1) is 0 Å². The standard InChI is InChI=1S/C15H22N2O/c1-11(18)13-7-6-12(10-14(13)16)17-15(2)8-4-3-5-9-15/h6-7,10,17H,3-5,8-9,16H2,1-2H3. The van der Waals surface area contributed by atoms with Crippen molar-refractivity contribution >= 4 is 17.2 Å². The maximum Gasteiger partial charge on any atom is 0.161 e. The second-order valence-corrected chi connectivity index (χ2v) is 5.60. The van der Waals surface area contributed by atoms with E-state index in [0.717, 1.165) is 5.69 Å². The van der Waals surface area contributed by atoms with Gasteiger partial charge in [0.2, 0.25) is 0 Å². The molecule has 18 heavy (non-hydrogen) atoms.